The van der Waals surface area contributed by atoms with E-state index in [9.17, 15) is 34.5 Å². The van der Waals surface area contributed by atoms with Gasteiger partial charge < -0.3 is 20.1 Å². The van der Waals surface area contributed by atoms with E-state index in [1.165, 1.54) is 96.3 Å². The van der Waals surface area contributed by atoms with Crippen LogP contribution in [0.1, 0.15) is 240 Å². The van der Waals surface area contributed by atoms with Crippen molar-refractivity contribution in [3.63, 3.8) is 0 Å². The summed E-state index contributed by atoms with van der Waals surface area (Å²) in [6.07, 6.45) is 30.6. The van der Waals surface area contributed by atoms with Gasteiger partial charge in [0.2, 0.25) is 5.60 Å². The molecule has 8 heteroatoms. The van der Waals surface area contributed by atoms with E-state index in [4.69, 9.17) is 4.74 Å². The number of hydrogen-bond acceptors (Lipinski definition) is 5. The third-order valence-electron chi connectivity index (χ3n) is 11.3. The fraction of sp³-hybridized carbons (Fsp3) is 0.909. The lowest BCUT2D eigenvalue weighted by atomic mass is 9.59. The minimum Gasteiger partial charge on any atom is -0.481 e. The number of hydrogen-bond donors (Lipinski definition) is 3. The van der Waals surface area contributed by atoms with Crippen LogP contribution < -0.4 is 0 Å². The van der Waals surface area contributed by atoms with Gasteiger partial charge >= 0.3 is 23.9 Å². The van der Waals surface area contributed by atoms with Crippen molar-refractivity contribution in [2.24, 2.45) is 11.3 Å². The van der Waals surface area contributed by atoms with Crippen LogP contribution in [0.2, 0.25) is 0 Å². The summed E-state index contributed by atoms with van der Waals surface area (Å²) >= 11 is 0. The van der Waals surface area contributed by atoms with Crippen molar-refractivity contribution < 1.29 is 39.2 Å². The minimum atomic E-state index is -2.71. The standard InChI is InChI=1S/C44H82O8/c1-5-8-11-14-17-20-23-26-29-32-35-39(40(46)47)44(42(50)51,52-38(4)45)43(41(48)49,36-33-30-27-24-21-18-15-12-9-6-2)37-34-31-28-25-22-19-16-13-10-7-3/h39H,5-37H2,1-4H3,(H,46,47)(H,48,49)(H,50,51). The zero-order valence-electron chi connectivity index (χ0n) is 34.3. The molecule has 2 unspecified atom stereocenters. The van der Waals surface area contributed by atoms with Gasteiger partial charge in [-0.3, -0.25) is 14.4 Å². The average molecular weight is 739 g/mol. The molecule has 2 atom stereocenters. The zero-order chi connectivity index (χ0) is 38.9. The molecular weight excluding hydrogens is 656 g/mol. The Bertz CT molecular complexity index is 894. The maximum absolute atomic E-state index is 13.6. The van der Waals surface area contributed by atoms with Gasteiger partial charge in [-0.25, -0.2) is 4.79 Å². The summed E-state index contributed by atoms with van der Waals surface area (Å²) in [6.45, 7) is 7.65. The number of ether oxygens (including phenoxy) is 1. The lowest BCUT2D eigenvalue weighted by Crippen LogP contribution is -2.66. The van der Waals surface area contributed by atoms with Gasteiger partial charge in [0, 0.05) is 6.92 Å². The molecule has 3 N–H and O–H groups in total. The van der Waals surface area contributed by atoms with Crippen LogP contribution in [0.3, 0.4) is 0 Å². The maximum Gasteiger partial charge on any atom is 0.350 e. The topological polar surface area (TPSA) is 138 Å². The SMILES string of the molecule is CCCCCCCCCCCCC(C(=O)O)C(OC(C)=O)(C(=O)O)C(CCCCCCCCCCCC)(CCCCCCCCCCCC)C(=O)O. The van der Waals surface area contributed by atoms with Crippen molar-refractivity contribution in [3.05, 3.63) is 0 Å². The van der Waals surface area contributed by atoms with E-state index in [-0.39, 0.29) is 19.3 Å². The van der Waals surface area contributed by atoms with Crippen molar-refractivity contribution >= 4 is 23.9 Å². The average Bonchev–Trinajstić information content (AvgIpc) is 3.10. The quantitative estimate of drug-likeness (QED) is 0.0418. The van der Waals surface area contributed by atoms with E-state index in [0.29, 0.717) is 38.5 Å². The summed E-state index contributed by atoms with van der Waals surface area (Å²) in [4.78, 5) is 52.8. The van der Waals surface area contributed by atoms with Gasteiger partial charge in [0.1, 0.15) is 11.3 Å². The molecule has 0 saturated carbocycles. The van der Waals surface area contributed by atoms with Crippen LogP contribution in [0, 0.1) is 11.3 Å². The molecule has 0 radical (unpaired) electrons. The van der Waals surface area contributed by atoms with Crippen LogP contribution >= 0.6 is 0 Å². The van der Waals surface area contributed by atoms with Crippen LogP contribution in [0.25, 0.3) is 0 Å². The third kappa shape index (κ3) is 20.4. The maximum atomic E-state index is 13.6. The van der Waals surface area contributed by atoms with Crippen LogP contribution in [0.15, 0.2) is 0 Å². The van der Waals surface area contributed by atoms with Gasteiger partial charge in [0.25, 0.3) is 0 Å². The van der Waals surface area contributed by atoms with Crippen LogP contribution in [-0.4, -0.2) is 44.8 Å². The molecule has 0 aliphatic heterocycles. The normalized spacial score (nSPS) is 13.5. The number of carboxylic acid groups (broad SMARTS) is 3. The van der Waals surface area contributed by atoms with E-state index in [2.05, 4.69) is 20.8 Å². The number of carboxylic acids is 3. The summed E-state index contributed by atoms with van der Waals surface area (Å²) in [6, 6.07) is 0. The molecule has 0 aliphatic rings. The van der Waals surface area contributed by atoms with E-state index in [0.717, 1.165) is 64.7 Å². The molecule has 0 rings (SSSR count). The summed E-state index contributed by atoms with van der Waals surface area (Å²) in [5.41, 5.74) is -4.78. The highest BCUT2D eigenvalue weighted by molar-refractivity contribution is 5.95. The molecule has 0 aromatic heterocycles. The molecule has 52 heavy (non-hydrogen) atoms. The first-order valence-electron chi connectivity index (χ1n) is 22.0. The zero-order valence-corrected chi connectivity index (χ0v) is 34.3. The van der Waals surface area contributed by atoms with Crippen molar-refractivity contribution in [1.29, 1.82) is 0 Å². The molecule has 0 heterocycles. The number of unbranched alkanes of at least 4 members (excludes halogenated alkanes) is 27. The van der Waals surface area contributed by atoms with Gasteiger partial charge in [0.15, 0.2) is 0 Å². The second-order valence-corrected chi connectivity index (χ2v) is 15.7. The highest BCUT2D eigenvalue weighted by Gasteiger charge is 2.69. The van der Waals surface area contributed by atoms with Gasteiger partial charge in [-0.05, 0) is 19.3 Å². The smallest absolute Gasteiger partial charge is 0.350 e. The van der Waals surface area contributed by atoms with Crippen molar-refractivity contribution in [2.75, 3.05) is 0 Å². The molecule has 0 aliphatic carbocycles. The number of rotatable bonds is 39. The second kappa shape index (κ2) is 32.3. The van der Waals surface area contributed by atoms with Crippen LogP contribution in [0.4, 0.5) is 0 Å². The molecular formula is C44H82O8. The first-order chi connectivity index (χ1) is 25.1. The van der Waals surface area contributed by atoms with Crippen molar-refractivity contribution in [2.45, 2.75) is 245 Å². The Kier molecular flexibility index (Phi) is 31.0. The predicted octanol–water partition coefficient (Wildman–Crippen LogP) is 13.1. The Morgan fingerprint density at radius 2 is 0.731 bits per heavy atom. The Balaban J connectivity index is 6.02. The summed E-state index contributed by atoms with van der Waals surface area (Å²) in [5, 5.41) is 32.6. The van der Waals surface area contributed by atoms with Gasteiger partial charge in [0.05, 0.1) is 0 Å². The largest absolute Gasteiger partial charge is 0.481 e. The third-order valence-corrected chi connectivity index (χ3v) is 11.3. The number of carbonyl (C=O) groups is 4. The van der Waals surface area contributed by atoms with Gasteiger partial charge in [-0.1, -0.05) is 213 Å². The molecule has 0 saturated heterocycles. The number of carbonyl (C=O) groups excluding carboxylic acids is 1. The monoisotopic (exact) mass is 739 g/mol. The van der Waals surface area contributed by atoms with E-state index in [1.807, 2.05) is 0 Å². The second-order valence-electron chi connectivity index (χ2n) is 15.7. The van der Waals surface area contributed by atoms with Crippen LogP contribution in [-0.2, 0) is 23.9 Å². The fourth-order valence-corrected chi connectivity index (χ4v) is 8.16. The highest BCUT2D eigenvalue weighted by atomic mass is 16.6. The Hall–Kier alpha value is -2.12. The first kappa shape index (κ1) is 49.9. The first-order valence-corrected chi connectivity index (χ1v) is 22.0. The highest BCUT2D eigenvalue weighted by Crippen LogP contribution is 2.50. The van der Waals surface area contributed by atoms with Gasteiger partial charge in [-0.15, -0.1) is 0 Å². The predicted molar refractivity (Wildman–Crippen MR) is 213 cm³/mol. The lowest BCUT2D eigenvalue weighted by molar-refractivity contribution is -0.220. The molecule has 306 valence electrons. The molecule has 0 bridgehead atoms. The Labute approximate surface area is 319 Å². The van der Waals surface area contributed by atoms with E-state index in [1.54, 1.807) is 0 Å². The molecule has 0 fully saturated rings. The number of esters is 1. The van der Waals surface area contributed by atoms with Gasteiger partial charge in [-0.2, -0.15) is 0 Å². The lowest BCUT2D eigenvalue weighted by Gasteiger charge is -2.47. The molecule has 0 aromatic carbocycles. The van der Waals surface area contributed by atoms with Crippen molar-refractivity contribution in [1.82, 2.24) is 0 Å². The minimum absolute atomic E-state index is 0.0440. The summed E-state index contributed by atoms with van der Waals surface area (Å²) < 4.78 is 5.68. The molecule has 0 spiro atoms. The van der Waals surface area contributed by atoms with Crippen molar-refractivity contribution in [3.8, 4) is 0 Å². The molecule has 0 amide bonds. The van der Waals surface area contributed by atoms with E-state index < -0.39 is 40.8 Å². The van der Waals surface area contributed by atoms with Crippen LogP contribution in [0.5, 0.6) is 0 Å². The Morgan fingerprint density at radius 1 is 0.442 bits per heavy atom. The Morgan fingerprint density at radius 3 is 0.981 bits per heavy atom. The summed E-state index contributed by atoms with van der Waals surface area (Å²) in [7, 11) is 0. The fourth-order valence-electron chi connectivity index (χ4n) is 8.16. The molecule has 8 nitrogen and oxygen atoms in total. The number of aliphatic carboxylic acids is 3. The van der Waals surface area contributed by atoms with E-state index >= 15 is 0 Å². The molecule has 0 aromatic rings. The summed E-state index contributed by atoms with van der Waals surface area (Å²) in [5.74, 6) is -7.10.